The van der Waals surface area contributed by atoms with Crippen LogP contribution in [0, 0.1) is 6.92 Å². The minimum Gasteiger partial charge on any atom is -0.306 e. The van der Waals surface area contributed by atoms with E-state index < -0.39 is 9.84 Å². The van der Waals surface area contributed by atoms with Crippen LogP contribution in [0.15, 0.2) is 24.3 Å². The minimum atomic E-state index is -3.09. The molecule has 6 heteroatoms. The predicted octanol–water partition coefficient (Wildman–Crippen LogP) is 1.22. The summed E-state index contributed by atoms with van der Waals surface area (Å²) in [4.78, 5) is 16.4. The van der Waals surface area contributed by atoms with Crippen molar-refractivity contribution in [2.75, 3.05) is 29.5 Å². The van der Waals surface area contributed by atoms with Crippen LogP contribution in [0.25, 0.3) is 0 Å². The molecule has 2 fully saturated rings. The zero-order chi connectivity index (χ0) is 15.9. The fraction of sp³-hybridized carbons (Fsp3) is 0.562. The summed E-state index contributed by atoms with van der Waals surface area (Å²) >= 11 is 0. The maximum absolute atomic E-state index is 12.6. The summed E-state index contributed by atoms with van der Waals surface area (Å²) in [6.45, 7) is 5.12. The van der Waals surface area contributed by atoms with E-state index in [1.165, 1.54) is 0 Å². The van der Waals surface area contributed by atoms with Crippen molar-refractivity contribution in [1.82, 2.24) is 4.90 Å². The van der Waals surface area contributed by atoms with E-state index in [0.717, 1.165) is 24.2 Å². The van der Waals surface area contributed by atoms with Gasteiger partial charge in [-0.05, 0) is 32.0 Å². The normalized spacial score (nSPS) is 27.9. The molecule has 2 aliphatic rings. The Morgan fingerprint density at radius 1 is 1.14 bits per heavy atom. The van der Waals surface area contributed by atoms with Crippen LogP contribution in [0.3, 0.4) is 0 Å². The van der Waals surface area contributed by atoms with E-state index in [-0.39, 0.29) is 29.5 Å². The van der Waals surface area contributed by atoms with E-state index in [9.17, 15) is 13.2 Å². The van der Waals surface area contributed by atoms with Crippen molar-refractivity contribution in [3.63, 3.8) is 0 Å². The molecule has 2 atom stereocenters. The Morgan fingerprint density at radius 2 is 1.77 bits per heavy atom. The number of carbonyl (C=O) groups excluding carboxylic acids is 1. The topological polar surface area (TPSA) is 57.7 Å². The van der Waals surface area contributed by atoms with Gasteiger partial charge < -0.3 is 4.90 Å². The first-order valence-corrected chi connectivity index (χ1v) is 9.56. The number of rotatable bonds is 3. The van der Waals surface area contributed by atoms with Crippen molar-refractivity contribution in [1.29, 1.82) is 0 Å². The van der Waals surface area contributed by atoms with Gasteiger partial charge in [-0.3, -0.25) is 9.69 Å². The number of fused-ring (bicyclic) bond motifs is 1. The molecule has 2 saturated heterocycles. The molecule has 0 radical (unpaired) electrons. The lowest BCUT2D eigenvalue weighted by molar-refractivity contribution is -0.123. The minimum absolute atomic E-state index is 0.00402. The first-order valence-electron chi connectivity index (χ1n) is 7.74. The zero-order valence-corrected chi connectivity index (χ0v) is 13.8. The maximum Gasteiger partial charge on any atom is 0.241 e. The molecule has 2 heterocycles. The number of benzene rings is 1. The fourth-order valence-corrected chi connectivity index (χ4v) is 5.51. The SMILES string of the molecule is CCCN1CC(=O)N(c2ccc(C)cc2)[C@@H]2CS(=O)(=O)C[C@@H]21. The molecule has 2 aliphatic heterocycles. The van der Waals surface area contributed by atoms with Gasteiger partial charge >= 0.3 is 0 Å². The summed E-state index contributed by atoms with van der Waals surface area (Å²) in [5, 5.41) is 0. The van der Waals surface area contributed by atoms with Gasteiger partial charge in [0.25, 0.3) is 0 Å². The van der Waals surface area contributed by atoms with Gasteiger partial charge in [-0.2, -0.15) is 0 Å². The van der Waals surface area contributed by atoms with Gasteiger partial charge in [-0.25, -0.2) is 8.42 Å². The predicted molar refractivity (Wildman–Crippen MR) is 86.8 cm³/mol. The van der Waals surface area contributed by atoms with Crippen LogP contribution in [-0.4, -0.2) is 55.9 Å². The summed E-state index contributed by atoms with van der Waals surface area (Å²) in [6.07, 6.45) is 0.918. The van der Waals surface area contributed by atoms with Crippen LogP contribution in [-0.2, 0) is 14.6 Å². The summed E-state index contributed by atoms with van der Waals surface area (Å²) in [6, 6.07) is 7.39. The molecular formula is C16H22N2O3S. The Kier molecular flexibility index (Phi) is 3.99. The molecule has 120 valence electrons. The van der Waals surface area contributed by atoms with Crippen molar-refractivity contribution in [3.8, 4) is 0 Å². The zero-order valence-electron chi connectivity index (χ0n) is 13.0. The molecule has 0 aliphatic carbocycles. The summed E-state index contributed by atoms with van der Waals surface area (Å²) in [5.41, 5.74) is 1.93. The third-order valence-corrected chi connectivity index (χ3v) is 6.22. The second-order valence-electron chi connectivity index (χ2n) is 6.28. The van der Waals surface area contributed by atoms with Crippen molar-refractivity contribution in [2.45, 2.75) is 32.4 Å². The van der Waals surface area contributed by atoms with Crippen molar-refractivity contribution < 1.29 is 13.2 Å². The average Bonchev–Trinajstić information content (AvgIpc) is 2.76. The molecule has 0 unspecified atom stereocenters. The van der Waals surface area contributed by atoms with E-state index in [4.69, 9.17) is 0 Å². The van der Waals surface area contributed by atoms with Crippen LogP contribution in [0.2, 0.25) is 0 Å². The Morgan fingerprint density at radius 3 is 2.41 bits per heavy atom. The highest BCUT2D eigenvalue weighted by Crippen LogP contribution is 2.31. The molecule has 3 rings (SSSR count). The number of carbonyl (C=O) groups is 1. The molecule has 5 nitrogen and oxygen atoms in total. The lowest BCUT2D eigenvalue weighted by atomic mass is 10.0. The first kappa shape index (κ1) is 15.5. The van der Waals surface area contributed by atoms with E-state index in [2.05, 4.69) is 6.92 Å². The lowest BCUT2D eigenvalue weighted by Crippen LogP contribution is -2.62. The molecule has 0 aromatic heterocycles. The largest absolute Gasteiger partial charge is 0.306 e. The van der Waals surface area contributed by atoms with E-state index in [1.54, 1.807) is 4.90 Å². The van der Waals surface area contributed by atoms with Gasteiger partial charge in [0.2, 0.25) is 5.91 Å². The maximum atomic E-state index is 12.6. The van der Waals surface area contributed by atoms with Crippen molar-refractivity contribution >= 4 is 21.4 Å². The third kappa shape index (κ3) is 2.77. The van der Waals surface area contributed by atoms with Crippen molar-refractivity contribution in [3.05, 3.63) is 29.8 Å². The summed E-state index contributed by atoms with van der Waals surface area (Å²) in [7, 11) is -3.09. The molecule has 22 heavy (non-hydrogen) atoms. The van der Waals surface area contributed by atoms with Crippen molar-refractivity contribution in [2.24, 2.45) is 0 Å². The summed E-state index contributed by atoms with van der Waals surface area (Å²) < 4.78 is 24.2. The third-order valence-electron chi connectivity index (χ3n) is 4.52. The van der Waals surface area contributed by atoms with Crippen LogP contribution >= 0.6 is 0 Å². The second kappa shape index (κ2) is 5.66. The lowest BCUT2D eigenvalue weighted by Gasteiger charge is -2.43. The van der Waals surface area contributed by atoms with Gasteiger partial charge in [0.15, 0.2) is 9.84 Å². The molecule has 0 saturated carbocycles. The van der Waals surface area contributed by atoms with Gasteiger partial charge in [-0.1, -0.05) is 24.6 Å². The molecule has 1 amide bonds. The number of hydrogen-bond donors (Lipinski definition) is 0. The highest BCUT2D eigenvalue weighted by atomic mass is 32.2. The number of sulfone groups is 1. The van der Waals surface area contributed by atoms with Crippen LogP contribution in [0.4, 0.5) is 5.69 Å². The van der Waals surface area contributed by atoms with Gasteiger partial charge in [0.1, 0.15) is 0 Å². The van der Waals surface area contributed by atoms with E-state index in [0.29, 0.717) is 6.54 Å². The van der Waals surface area contributed by atoms with Gasteiger partial charge in [0, 0.05) is 11.7 Å². The van der Waals surface area contributed by atoms with E-state index in [1.807, 2.05) is 36.1 Å². The number of anilines is 1. The average molecular weight is 322 g/mol. The Labute approximate surface area is 131 Å². The molecule has 0 spiro atoms. The summed E-state index contributed by atoms with van der Waals surface area (Å²) in [5.74, 6) is 0.223. The molecule has 0 N–H and O–H groups in total. The van der Waals surface area contributed by atoms with Gasteiger partial charge in [0.05, 0.1) is 24.1 Å². The number of amides is 1. The fourth-order valence-electron chi connectivity index (χ4n) is 3.53. The first-order chi connectivity index (χ1) is 10.4. The Bertz CT molecular complexity index is 669. The smallest absolute Gasteiger partial charge is 0.241 e. The highest BCUT2D eigenvalue weighted by Gasteiger charge is 2.49. The molecule has 1 aromatic carbocycles. The van der Waals surface area contributed by atoms with Crippen LogP contribution in [0.1, 0.15) is 18.9 Å². The monoisotopic (exact) mass is 322 g/mol. The molecule has 1 aromatic rings. The van der Waals surface area contributed by atoms with Crippen LogP contribution in [0.5, 0.6) is 0 Å². The number of nitrogens with zero attached hydrogens (tertiary/aromatic N) is 2. The van der Waals surface area contributed by atoms with E-state index >= 15 is 0 Å². The number of aryl methyl sites for hydroxylation is 1. The molecular weight excluding hydrogens is 300 g/mol. The number of piperazine rings is 1. The quantitative estimate of drug-likeness (QED) is 0.839. The number of hydrogen-bond acceptors (Lipinski definition) is 4. The van der Waals surface area contributed by atoms with Gasteiger partial charge in [-0.15, -0.1) is 0 Å². The Balaban J connectivity index is 1.97. The standard InChI is InChI=1S/C16H22N2O3S/c1-3-8-17-9-16(19)18(13-6-4-12(2)5-7-13)15-11-22(20,21)10-14(15)17/h4-7,14-15H,3,8-11H2,1-2H3/t14-,15+/m0/s1. The van der Waals surface area contributed by atoms with Crippen LogP contribution < -0.4 is 4.90 Å². The Hall–Kier alpha value is -1.40. The highest BCUT2D eigenvalue weighted by molar-refractivity contribution is 7.91. The second-order valence-corrected chi connectivity index (χ2v) is 8.44. The molecule has 0 bridgehead atoms.